The minimum atomic E-state index is -0.697. The van der Waals surface area contributed by atoms with E-state index in [0.717, 1.165) is 0 Å². The Morgan fingerprint density at radius 1 is 1.45 bits per heavy atom. The Balaban J connectivity index is 2.47. The highest BCUT2D eigenvalue weighted by Crippen LogP contribution is 2.33. The third-order valence-corrected chi connectivity index (χ3v) is 2.85. The summed E-state index contributed by atoms with van der Waals surface area (Å²) in [5, 5.41) is 9.14. The standard InChI is InChI=1S/C14H11FN2O3/c1-19-14(18)12-6-10(11(7-16)13(17)20-12)8-2-4-9(15)5-3-8/h2-6,10H,17H2,1H3/t10-/m1/s1. The first-order valence-corrected chi connectivity index (χ1v) is 5.70. The molecule has 1 aromatic rings. The molecule has 1 heterocycles. The predicted octanol–water partition coefficient (Wildman–Crippen LogP) is 1.69. The number of benzene rings is 1. The van der Waals surface area contributed by atoms with Crippen molar-refractivity contribution in [3.63, 3.8) is 0 Å². The summed E-state index contributed by atoms with van der Waals surface area (Å²) in [5.41, 5.74) is 6.42. The molecule has 0 unspecified atom stereocenters. The Morgan fingerprint density at radius 2 is 2.10 bits per heavy atom. The van der Waals surface area contributed by atoms with Crippen LogP contribution in [-0.2, 0) is 14.3 Å². The summed E-state index contributed by atoms with van der Waals surface area (Å²) in [5.74, 6) is -1.93. The number of hydrogen-bond donors (Lipinski definition) is 1. The molecule has 1 aliphatic rings. The van der Waals surface area contributed by atoms with E-state index in [0.29, 0.717) is 5.56 Å². The van der Waals surface area contributed by atoms with Crippen LogP contribution in [0.25, 0.3) is 0 Å². The van der Waals surface area contributed by atoms with Gasteiger partial charge in [0.1, 0.15) is 17.5 Å². The second-order valence-electron chi connectivity index (χ2n) is 4.04. The van der Waals surface area contributed by atoms with E-state index in [1.807, 2.05) is 6.07 Å². The Kier molecular flexibility index (Phi) is 3.71. The molecule has 1 aromatic carbocycles. The van der Waals surface area contributed by atoms with Crippen LogP contribution >= 0.6 is 0 Å². The Labute approximate surface area is 114 Å². The van der Waals surface area contributed by atoms with Crippen molar-refractivity contribution in [1.82, 2.24) is 0 Å². The van der Waals surface area contributed by atoms with Gasteiger partial charge in [0.15, 0.2) is 0 Å². The lowest BCUT2D eigenvalue weighted by Crippen LogP contribution is -2.20. The van der Waals surface area contributed by atoms with E-state index >= 15 is 0 Å². The molecule has 2 N–H and O–H groups in total. The van der Waals surface area contributed by atoms with Crippen LogP contribution in [0.15, 0.2) is 47.6 Å². The van der Waals surface area contributed by atoms with Crippen LogP contribution in [0.2, 0.25) is 0 Å². The number of nitrogens with zero attached hydrogens (tertiary/aromatic N) is 1. The van der Waals surface area contributed by atoms with E-state index in [-0.39, 0.29) is 17.2 Å². The third-order valence-electron chi connectivity index (χ3n) is 2.85. The van der Waals surface area contributed by atoms with E-state index in [1.165, 1.54) is 37.5 Å². The Bertz CT molecular complexity index is 641. The Morgan fingerprint density at radius 3 is 2.65 bits per heavy atom. The van der Waals surface area contributed by atoms with Gasteiger partial charge in [0.2, 0.25) is 11.6 Å². The molecule has 0 bridgehead atoms. The average Bonchev–Trinajstić information content (AvgIpc) is 2.46. The van der Waals surface area contributed by atoms with Crippen molar-refractivity contribution in [2.75, 3.05) is 7.11 Å². The molecular formula is C14H11FN2O3. The zero-order valence-corrected chi connectivity index (χ0v) is 10.6. The number of ether oxygens (including phenoxy) is 2. The van der Waals surface area contributed by atoms with Crippen molar-refractivity contribution < 1.29 is 18.7 Å². The topological polar surface area (TPSA) is 85.3 Å². The van der Waals surface area contributed by atoms with E-state index < -0.39 is 17.7 Å². The van der Waals surface area contributed by atoms with Gasteiger partial charge in [-0.05, 0) is 23.8 Å². The van der Waals surface area contributed by atoms with Gasteiger partial charge in [0.25, 0.3) is 0 Å². The van der Waals surface area contributed by atoms with E-state index in [9.17, 15) is 9.18 Å². The van der Waals surface area contributed by atoms with Gasteiger partial charge in [-0.1, -0.05) is 12.1 Å². The number of halogens is 1. The number of allylic oxidation sites excluding steroid dienone is 2. The maximum absolute atomic E-state index is 13.0. The lowest BCUT2D eigenvalue weighted by molar-refractivity contribution is -0.139. The first-order chi connectivity index (χ1) is 9.56. The molecule has 0 amide bonds. The first kappa shape index (κ1) is 13.6. The quantitative estimate of drug-likeness (QED) is 0.829. The monoisotopic (exact) mass is 274 g/mol. The number of nitriles is 1. The first-order valence-electron chi connectivity index (χ1n) is 5.70. The molecule has 0 fully saturated rings. The number of esters is 1. The normalized spacial score (nSPS) is 17.9. The maximum Gasteiger partial charge on any atom is 0.373 e. The van der Waals surface area contributed by atoms with Crippen molar-refractivity contribution >= 4 is 5.97 Å². The lowest BCUT2D eigenvalue weighted by atomic mass is 9.90. The fraction of sp³-hybridized carbons (Fsp3) is 0.143. The summed E-state index contributed by atoms with van der Waals surface area (Å²) >= 11 is 0. The molecule has 0 saturated heterocycles. The largest absolute Gasteiger partial charge is 0.463 e. The molecule has 0 radical (unpaired) electrons. The van der Waals surface area contributed by atoms with E-state index in [1.54, 1.807) is 0 Å². The second-order valence-corrected chi connectivity index (χ2v) is 4.04. The second kappa shape index (κ2) is 5.45. The molecule has 20 heavy (non-hydrogen) atoms. The zero-order valence-electron chi connectivity index (χ0n) is 10.6. The Hall–Kier alpha value is -2.81. The fourth-order valence-electron chi connectivity index (χ4n) is 1.86. The van der Waals surface area contributed by atoms with Gasteiger partial charge in [-0.25, -0.2) is 9.18 Å². The highest BCUT2D eigenvalue weighted by atomic mass is 19.1. The van der Waals surface area contributed by atoms with Gasteiger partial charge < -0.3 is 15.2 Å². The van der Waals surface area contributed by atoms with Crippen LogP contribution in [0.3, 0.4) is 0 Å². The maximum atomic E-state index is 13.0. The molecule has 1 atom stereocenters. The minimum Gasteiger partial charge on any atom is -0.463 e. The van der Waals surface area contributed by atoms with E-state index in [2.05, 4.69) is 4.74 Å². The SMILES string of the molecule is COC(=O)C1=C[C@H](c2ccc(F)cc2)C(C#N)=C(N)O1. The number of hydrogen-bond acceptors (Lipinski definition) is 5. The van der Waals surface area contributed by atoms with Crippen molar-refractivity contribution in [2.24, 2.45) is 5.73 Å². The van der Waals surface area contributed by atoms with Gasteiger partial charge >= 0.3 is 5.97 Å². The van der Waals surface area contributed by atoms with Crippen LogP contribution in [0.1, 0.15) is 11.5 Å². The average molecular weight is 274 g/mol. The number of rotatable bonds is 2. The zero-order chi connectivity index (χ0) is 14.7. The molecule has 6 heteroatoms. The van der Waals surface area contributed by atoms with E-state index in [4.69, 9.17) is 15.7 Å². The third kappa shape index (κ3) is 2.47. The highest BCUT2D eigenvalue weighted by Gasteiger charge is 2.28. The number of methoxy groups -OCH3 is 1. The molecule has 0 aliphatic carbocycles. The molecular weight excluding hydrogens is 263 g/mol. The van der Waals surface area contributed by atoms with Gasteiger partial charge in [0, 0.05) is 5.92 Å². The van der Waals surface area contributed by atoms with Crippen LogP contribution in [-0.4, -0.2) is 13.1 Å². The van der Waals surface area contributed by atoms with Crippen LogP contribution in [0, 0.1) is 17.1 Å². The van der Waals surface area contributed by atoms with Crippen LogP contribution in [0.5, 0.6) is 0 Å². The smallest absolute Gasteiger partial charge is 0.373 e. The summed E-state index contributed by atoms with van der Waals surface area (Å²) in [7, 11) is 1.21. The van der Waals surface area contributed by atoms with Crippen LogP contribution in [0.4, 0.5) is 4.39 Å². The van der Waals surface area contributed by atoms with Crippen molar-refractivity contribution in [2.45, 2.75) is 5.92 Å². The summed E-state index contributed by atoms with van der Waals surface area (Å²) in [6, 6.07) is 7.49. The predicted molar refractivity (Wildman–Crippen MR) is 67.2 cm³/mol. The summed E-state index contributed by atoms with van der Waals surface area (Å²) < 4.78 is 22.6. The van der Waals surface area contributed by atoms with Crippen molar-refractivity contribution in [3.8, 4) is 6.07 Å². The molecule has 0 saturated carbocycles. The van der Waals surface area contributed by atoms with Crippen molar-refractivity contribution in [1.29, 1.82) is 5.26 Å². The lowest BCUT2D eigenvalue weighted by Gasteiger charge is -2.21. The van der Waals surface area contributed by atoms with Gasteiger partial charge in [-0.2, -0.15) is 5.26 Å². The minimum absolute atomic E-state index is 0.0988. The van der Waals surface area contributed by atoms with Gasteiger partial charge in [-0.15, -0.1) is 0 Å². The highest BCUT2D eigenvalue weighted by molar-refractivity contribution is 5.87. The summed E-state index contributed by atoms with van der Waals surface area (Å²) in [6.07, 6.45) is 1.42. The van der Waals surface area contributed by atoms with Gasteiger partial charge in [-0.3, -0.25) is 0 Å². The van der Waals surface area contributed by atoms with Gasteiger partial charge in [0.05, 0.1) is 7.11 Å². The molecule has 0 aromatic heterocycles. The molecule has 2 rings (SSSR count). The molecule has 5 nitrogen and oxygen atoms in total. The number of carbonyl (C=O) groups is 1. The molecule has 0 spiro atoms. The summed E-state index contributed by atoms with van der Waals surface area (Å²) in [6.45, 7) is 0. The molecule has 1 aliphatic heterocycles. The van der Waals surface area contributed by atoms with Crippen molar-refractivity contribution in [3.05, 3.63) is 58.9 Å². The van der Waals surface area contributed by atoms with Crippen LogP contribution < -0.4 is 5.73 Å². The summed E-state index contributed by atoms with van der Waals surface area (Å²) in [4.78, 5) is 11.5. The number of carbonyl (C=O) groups excluding carboxylic acids is 1. The fourth-order valence-corrected chi connectivity index (χ4v) is 1.86. The molecule has 102 valence electrons. The number of nitrogens with two attached hydrogens (primary N) is 1.